The minimum Gasteiger partial charge on any atom is -0.351 e. The van der Waals surface area contributed by atoms with E-state index in [9.17, 15) is 4.79 Å². The molecule has 0 spiro atoms. The van der Waals surface area contributed by atoms with Gasteiger partial charge in [-0.15, -0.1) is 12.4 Å². The first-order valence-corrected chi connectivity index (χ1v) is 5.32. The fraction of sp³-hybridized carbons (Fsp3) is 0.364. The van der Waals surface area contributed by atoms with E-state index in [1.54, 1.807) is 0 Å². The largest absolute Gasteiger partial charge is 0.351 e. The molecule has 1 rings (SSSR count). The summed E-state index contributed by atoms with van der Waals surface area (Å²) in [6.45, 7) is 3.67. The SMILES string of the molecule is CCNCC(=O)NCc1ccc(Cl)cc1.Cl. The van der Waals surface area contributed by atoms with Crippen LogP contribution in [0.25, 0.3) is 0 Å². The molecule has 90 valence electrons. The number of halogens is 2. The molecule has 1 amide bonds. The second-order valence-corrected chi connectivity index (χ2v) is 3.62. The highest BCUT2D eigenvalue weighted by Gasteiger charge is 1.99. The molecule has 16 heavy (non-hydrogen) atoms. The Morgan fingerprint density at radius 3 is 2.50 bits per heavy atom. The molecule has 3 nitrogen and oxygen atoms in total. The van der Waals surface area contributed by atoms with Gasteiger partial charge in [-0.2, -0.15) is 0 Å². The molecule has 0 bridgehead atoms. The zero-order valence-corrected chi connectivity index (χ0v) is 10.7. The highest BCUT2D eigenvalue weighted by atomic mass is 35.5. The molecule has 1 aromatic carbocycles. The molecular formula is C11H16Cl2N2O. The summed E-state index contributed by atoms with van der Waals surface area (Å²) < 4.78 is 0. The van der Waals surface area contributed by atoms with Crippen LogP contribution in [-0.2, 0) is 11.3 Å². The summed E-state index contributed by atoms with van der Waals surface area (Å²) in [5.74, 6) is 0.00630. The molecule has 0 atom stereocenters. The summed E-state index contributed by atoms with van der Waals surface area (Å²) in [4.78, 5) is 11.2. The van der Waals surface area contributed by atoms with Gasteiger partial charge in [0.1, 0.15) is 0 Å². The fourth-order valence-electron chi connectivity index (χ4n) is 1.10. The van der Waals surface area contributed by atoms with Gasteiger partial charge in [-0.25, -0.2) is 0 Å². The van der Waals surface area contributed by atoms with E-state index in [-0.39, 0.29) is 18.3 Å². The van der Waals surface area contributed by atoms with Crippen molar-refractivity contribution >= 4 is 29.9 Å². The summed E-state index contributed by atoms with van der Waals surface area (Å²) in [6.07, 6.45) is 0. The van der Waals surface area contributed by atoms with Crippen LogP contribution >= 0.6 is 24.0 Å². The minimum atomic E-state index is 0. The third-order valence-electron chi connectivity index (χ3n) is 1.94. The maximum absolute atomic E-state index is 11.2. The minimum absolute atomic E-state index is 0. The Morgan fingerprint density at radius 1 is 1.31 bits per heavy atom. The van der Waals surface area contributed by atoms with E-state index in [0.29, 0.717) is 18.1 Å². The van der Waals surface area contributed by atoms with E-state index in [4.69, 9.17) is 11.6 Å². The molecule has 0 aliphatic heterocycles. The maximum Gasteiger partial charge on any atom is 0.234 e. The first-order chi connectivity index (χ1) is 7.22. The summed E-state index contributed by atoms with van der Waals surface area (Å²) in [5, 5.41) is 6.48. The molecule has 0 aromatic heterocycles. The average Bonchev–Trinajstić information content (AvgIpc) is 2.25. The van der Waals surface area contributed by atoms with Crippen molar-refractivity contribution in [1.29, 1.82) is 0 Å². The number of hydrogen-bond donors (Lipinski definition) is 2. The zero-order valence-electron chi connectivity index (χ0n) is 9.13. The van der Waals surface area contributed by atoms with E-state index >= 15 is 0 Å². The third-order valence-corrected chi connectivity index (χ3v) is 2.19. The van der Waals surface area contributed by atoms with Gasteiger partial charge in [0.15, 0.2) is 0 Å². The number of hydrogen-bond acceptors (Lipinski definition) is 2. The van der Waals surface area contributed by atoms with Crippen LogP contribution in [0, 0.1) is 0 Å². The van der Waals surface area contributed by atoms with E-state index in [1.165, 1.54) is 0 Å². The number of amides is 1. The van der Waals surface area contributed by atoms with Crippen molar-refractivity contribution in [1.82, 2.24) is 10.6 Å². The van der Waals surface area contributed by atoms with Crippen LogP contribution in [0.5, 0.6) is 0 Å². The fourth-order valence-corrected chi connectivity index (χ4v) is 1.23. The molecule has 5 heteroatoms. The number of benzene rings is 1. The molecule has 0 saturated heterocycles. The van der Waals surface area contributed by atoms with Gasteiger partial charge in [0.25, 0.3) is 0 Å². The molecule has 0 unspecified atom stereocenters. The Bertz CT molecular complexity index is 314. The molecule has 0 saturated carbocycles. The molecular weight excluding hydrogens is 247 g/mol. The normalized spacial score (nSPS) is 9.38. The van der Waals surface area contributed by atoms with Gasteiger partial charge in [-0.3, -0.25) is 4.79 Å². The molecule has 0 heterocycles. The molecule has 1 aromatic rings. The van der Waals surface area contributed by atoms with E-state index in [2.05, 4.69) is 10.6 Å². The van der Waals surface area contributed by atoms with Crippen molar-refractivity contribution < 1.29 is 4.79 Å². The second-order valence-electron chi connectivity index (χ2n) is 3.18. The Morgan fingerprint density at radius 2 is 1.94 bits per heavy atom. The van der Waals surface area contributed by atoms with Crippen molar-refractivity contribution in [2.24, 2.45) is 0 Å². The van der Waals surface area contributed by atoms with E-state index in [1.807, 2.05) is 31.2 Å². The van der Waals surface area contributed by atoms with E-state index in [0.717, 1.165) is 12.1 Å². The number of likely N-dealkylation sites (N-methyl/N-ethyl adjacent to an activating group) is 1. The van der Waals surface area contributed by atoms with Gasteiger partial charge in [0.2, 0.25) is 5.91 Å². The lowest BCUT2D eigenvalue weighted by atomic mass is 10.2. The van der Waals surface area contributed by atoms with Crippen LogP contribution in [0.15, 0.2) is 24.3 Å². The van der Waals surface area contributed by atoms with Gasteiger partial charge >= 0.3 is 0 Å². The summed E-state index contributed by atoms with van der Waals surface area (Å²) in [6, 6.07) is 7.42. The highest BCUT2D eigenvalue weighted by molar-refractivity contribution is 6.30. The van der Waals surface area contributed by atoms with Crippen molar-refractivity contribution in [3.05, 3.63) is 34.9 Å². The zero-order chi connectivity index (χ0) is 11.1. The van der Waals surface area contributed by atoms with Crippen molar-refractivity contribution in [2.75, 3.05) is 13.1 Å². The number of rotatable bonds is 5. The standard InChI is InChI=1S/C11H15ClN2O.ClH/c1-2-13-8-11(15)14-7-9-3-5-10(12)6-4-9;/h3-6,13H,2,7-8H2,1H3,(H,14,15);1H. The summed E-state index contributed by atoms with van der Waals surface area (Å²) in [7, 11) is 0. The van der Waals surface area contributed by atoms with Gasteiger partial charge in [0, 0.05) is 11.6 Å². The number of nitrogens with one attached hydrogen (secondary N) is 2. The third kappa shape index (κ3) is 5.95. The molecule has 0 radical (unpaired) electrons. The monoisotopic (exact) mass is 262 g/mol. The maximum atomic E-state index is 11.2. The van der Waals surface area contributed by atoms with Gasteiger partial charge in [-0.05, 0) is 24.2 Å². The van der Waals surface area contributed by atoms with Crippen molar-refractivity contribution in [3.63, 3.8) is 0 Å². The molecule has 0 aliphatic carbocycles. The van der Waals surface area contributed by atoms with Gasteiger partial charge in [-0.1, -0.05) is 30.7 Å². The predicted molar refractivity (Wildman–Crippen MR) is 69.1 cm³/mol. The van der Waals surface area contributed by atoms with Crippen LogP contribution in [0.2, 0.25) is 5.02 Å². The van der Waals surface area contributed by atoms with Crippen molar-refractivity contribution in [3.8, 4) is 0 Å². The van der Waals surface area contributed by atoms with E-state index < -0.39 is 0 Å². The van der Waals surface area contributed by atoms with Gasteiger partial charge in [0.05, 0.1) is 6.54 Å². The lowest BCUT2D eigenvalue weighted by Crippen LogP contribution is -2.33. The first kappa shape index (κ1) is 15.2. The predicted octanol–water partition coefficient (Wildman–Crippen LogP) is 1.99. The Balaban J connectivity index is 0.00000225. The van der Waals surface area contributed by atoms with Gasteiger partial charge < -0.3 is 10.6 Å². The van der Waals surface area contributed by atoms with Crippen molar-refractivity contribution in [2.45, 2.75) is 13.5 Å². The molecule has 0 aliphatic rings. The van der Waals surface area contributed by atoms with Crippen LogP contribution in [0.3, 0.4) is 0 Å². The smallest absolute Gasteiger partial charge is 0.234 e. The van der Waals surface area contributed by atoms with Crippen LogP contribution in [-0.4, -0.2) is 19.0 Å². The molecule has 2 N–H and O–H groups in total. The number of carbonyl (C=O) groups is 1. The average molecular weight is 263 g/mol. The lowest BCUT2D eigenvalue weighted by Gasteiger charge is -2.05. The van der Waals surface area contributed by atoms with Crippen LogP contribution < -0.4 is 10.6 Å². The Hall–Kier alpha value is -0.770. The quantitative estimate of drug-likeness (QED) is 0.853. The number of carbonyl (C=O) groups excluding carboxylic acids is 1. The van der Waals surface area contributed by atoms with Crippen LogP contribution in [0.4, 0.5) is 0 Å². The van der Waals surface area contributed by atoms with Crippen LogP contribution in [0.1, 0.15) is 12.5 Å². The topological polar surface area (TPSA) is 41.1 Å². The Kier molecular flexibility index (Phi) is 7.99. The highest BCUT2D eigenvalue weighted by Crippen LogP contribution is 2.08. The summed E-state index contributed by atoms with van der Waals surface area (Å²) >= 11 is 5.75. The second kappa shape index (κ2) is 8.39. The first-order valence-electron chi connectivity index (χ1n) is 4.94. The lowest BCUT2D eigenvalue weighted by molar-refractivity contribution is -0.120. The summed E-state index contributed by atoms with van der Waals surface area (Å²) in [5.41, 5.74) is 1.05. The Labute approximate surface area is 107 Å². The molecule has 0 fully saturated rings.